The summed E-state index contributed by atoms with van der Waals surface area (Å²) in [6.07, 6.45) is 1.07. The molecule has 138 valence electrons. The van der Waals surface area contributed by atoms with Crippen LogP contribution in [0.25, 0.3) is 0 Å². The van der Waals surface area contributed by atoms with Crippen molar-refractivity contribution in [2.75, 3.05) is 39.4 Å². The van der Waals surface area contributed by atoms with Gasteiger partial charge in [-0.25, -0.2) is 4.79 Å². The summed E-state index contributed by atoms with van der Waals surface area (Å²) >= 11 is 0. The van der Waals surface area contributed by atoms with E-state index in [1.807, 2.05) is 18.7 Å². The van der Waals surface area contributed by atoms with Crippen LogP contribution in [0.1, 0.15) is 27.2 Å². The molecule has 0 aromatic carbocycles. The van der Waals surface area contributed by atoms with E-state index in [-0.39, 0.29) is 24.0 Å². The van der Waals surface area contributed by atoms with Gasteiger partial charge in [0, 0.05) is 26.2 Å². The van der Waals surface area contributed by atoms with Crippen molar-refractivity contribution in [1.29, 1.82) is 0 Å². The summed E-state index contributed by atoms with van der Waals surface area (Å²) in [7, 11) is 0. The van der Waals surface area contributed by atoms with Crippen molar-refractivity contribution in [1.82, 2.24) is 15.5 Å². The number of carbonyl (C=O) groups excluding carboxylic acids is 3. The van der Waals surface area contributed by atoms with Crippen molar-refractivity contribution in [2.24, 2.45) is 5.92 Å². The summed E-state index contributed by atoms with van der Waals surface area (Å²) < 4.78 is 9.25. The fourth-order valence-corrected chi connectivity index (χ4v) is 2.32. The summed E-state index contributed by atoms with van der Waals surface area (Å²) in [4.78, 5) is 34.9. The Balaban J connectivity index is 0.000000300. The minimum absolute atomic E-state index is 0.0438. The Hall–Kier alpha value is -1.67. The molecule has 2 heterocycles. The second-order valence-corrected chi connectivity index (χ2v) is 6.12. The number of carbonyl (C=O) groups is 3. The Labute approximate surface area is 143 Å². The zero-order chi connectivity index (χ0) is 17.9. The SMILES string of the molecule is CC(C)CC(NC=O)C(=O)N1CCNCC1.CCOC(=O)C1CO1. The second kappa shape index (κ2) is 11.0. The molecule has 2 N–H and O–H groups in total. The van der Waals surface area contributed by atoms with Crippen LogP contribution in [-0.4, -0.2) is 74.7 Å². The van der Waals surface area contributed by atoms with Crippen molar-refractivity contribution in [3.05, 3.63) is 0 Å². The Bertz CT molecular complexity index is 407. The molecular formula is C16H29N3O5. The van der Waals surface area contributed by atoms with Crippen molar-refractivity contribution in [2.45, 2.75) is 39.3 Å². The van der Waals surface area contributed by atoms with Crippen molar-refractivity contribution in [3.8, 4) is 0 Å². The van der Waals surface area contributed by atoms with Crippen molar-refractivity contribution < 1.29 is 23.9 Å². The number of rotatable bonds is 7. The van der Waals surface area contributed by atoms with Gasteiger partial charge in [0.1, 0.15) is 6.04 Å². The number of nitrogens with one attached hydrogen (secondary N) is 2. The van der Waals surface area contributed by atoms with E-state index in [0.717, 1.165) is 26.2 Å². The van der Waals surface area contributed by atoms with Gasteiger partial charge in [-0.1, -0.05) is 13.8 Å². The van der Waals surface area contributed by atoms with Gasteiger partial charge in [0.2, 0.25) is 12.3 Å². The van der Waals surface area contributed by atoms with Crippen LogP contribution in [0.15, 0.2) is 0 Å². The number of amides is 2. The van der Waals surface area contributed by atoms with Crippen molar-refractivity contribution >= 4 is 18.3 Å². The number of piperazine rings is 1. The first-order valence-corrected chi connectivity index (χ1v) is 8.47. The number of ether oxygens (including phenoxy) is 2. The van der Waals surface area contributed by atoms with Crippen LogP contribution in [0, 0.1) is 5.92 Å². The van der Waals surface area contributed by atoms with E-state index in [4.69, 9.17) is 0 Å². The molecule has 2 rings (SSSR count). The van der Waals surface area contributed by atoms with E-state index in [9.17, 15) is 14.4 Å². The number of hydrogen-bond donors (Lipinski definition) is 2. The normalized spacial score (nSPS) is 20.5. The fourth-order valence-electron chi connectivity index (χ4n) is 2.32. The summed E-state index contributed by atoms with van der Waals surface area (Å²) in [5.74, 6) is 0.208. The average Bonchev–Trinajstić information content (AvgIpc) is 3.40. The minimum atomic E-state index is -0.365. The Morgan fingerprint density at radius 2 is 2.00 bits per heavy atom. The number of epoxide rings is 1. The first-order chi connectivity index (χ1) is 11.5. The van der Waals surface area contributed by atoms with E-state index < -0.39 is 0 Å². The van der Waals surface area contributed by atoms with Gasteiger partial charge in [-0.2, -0.15) is 0 Å². The Kier molecular flexibility index (Phi) is 9.33. The van der Waals surface area contributed by atoms with Crippen molar-refractivity contribution in [3.63, 3.8) is 0 Å². The van der Waals surface area contributed by atoms with Crippen LogP contribution in [-0.2, 0) is 23.9 Å². The van der Waals surface area contributed by atoms with Gasteiger partial charge in [0.15, 0.2) is 6.10 Å². The Morgan fingerprint density at radius 3 is 2.46 bits per heavy atom. The molecule has 2 fully saturated rings. The lowest BCUT2D eigenvalue weighted by molar-refractivity contribution is -0.144. The zero-order valence-corrected chi connectivity index (χ0v) is 14.7. The van der Waals surface area contributed by atoms with Gasteiger partial charge in [-0.05, 0) is 19.3 Å². The molecule has 0 spiro atoms. The molecule has 2 aliphatic heterocycles. The third kappa shape index (κ3) is 7.74. The minimum Gasteiger partial charge on any atom is -0.464 e. The van der Waals surface area contributed by atoms with E-state index in [1.54, 1.807) is 6.92 Å². The highest BCUT2D eigenvalue weighted by molar-refractivity contribution is 5.83. The first-order valence-electron chi connectivity index (χ1n) is 8.47. The Morgan fingerprint density at radius 1 is 1.38 bits per heavy atom. The molecule has 2 amide bonds. The van der Waals surface area contributed by atoms with Gasteiger partial charge in [0.25, 0.3) is 0 Å². The van der Waals surface area contributed by atoms with Gasteiger partial charge in [-0.15, -0.1) is 0 Å². The summed E-state index contributed by atoms with van der Waals surface area (Å²) in [6.45, 7) is 9.98. The summed E-state index contributed by atoms with van der Waals surface area (Å²) in [5.41, 5.74) is 0. The van der Waals surface area contributed by atoms with E-state index in [1.165, 1.54) is 0 Å². The third-order valence-corrected chi connectivity index (χ3v) is 3.59. The van der Waals surface area contributed by atoms with Crippen LogP contribution in [0.3, 0.4) is 0 Å². The lowest BCUT2D eigenvalue weighted by Crippen LogP contribution is -2.53. The maximum Gasteiger partial charge on any atom is 0.337 e. The highest BCUT2D eigenvalue weighted by atomic mass is 16.6. The first kappa shape index (κ1) is 20.4. The molecule has 0 aliphatic carbocycles. The topological polar surface area (TPSA) is 100 Å². The maximum atomic E-state index is 12.1. The summed E-state index contributed by atoms with van der Waals surface area (Å²) in [5, 5.41) is 5.82. The second-order valence-electron chi connectivity index (χ2n) is 6.12. The molecule has 2 aliphatic rings. The summed E-state index contributed by atoms with van der Waals surface area (Å²) in [6, 6.07) is -0.365. The third-order valence-electron chi connectivity index (χ3n) is 3.59. The lowest BCUT2D eigenvalue weighted by atomic mass is 10.0. The van der Waals surface area contributed by atoms with Gasteiger partial charge in [-0.3, -0.25) is 9.59 Å². The molecular weight excluding hydrogens is 314 g/mol. The molecule has 2 unspecified atom stereocenters. The van der Waals surface area contributed by atoms with Crippen LogP contribution >= 0.6 is 0 Å². The molecule has 0 aromatic heterocycles. The van der Waals surface area contributed by atoms with Crippen LogP contribution < -0.4 is 10.6 Å². The molecule has 0 bridgehead atoms. The van der Waals surface area contributed by atoms with Crippen LogP contribution in [0.2, 0.25) is 0 Å². The van der Waals surface area contributed by atoms with Gasteiger partial charge >= 0.3 is 5.97 Å². The molecule has 0 radical (unpaired) electrons. The predicted octanol–water partition coefficient (Wildman–Crippen LogP) is -0.473. The molecule has 8 nitrogen and oxygen atoms in total. The molecule has 8 heteroatoms. The smallest absolute Gasteiger partial charge is 0.337 e. The standard InChI is InChI=1S/C11H21N3O2.C5H8O3/c1-9(2)7-10(13-8-15)11(16)14-5-3-12-4-6-14;1-2-7-5(6)4-3-8-4/h8-10,12H,3-7H2,1-2H3,(H,13,15);4H,2-3H2,1H3. The van der Waals surface area contributed by atoms with E-state index in [0.29, 0.717) is 32.0 Å². The molecule has 2 saturated heterocycles. The van der Waals surface area contributed by atoms with E-state index >= 15 is 0 Å². The molecule has 2 atom stereocenters. The monoisotopic (exact) mass is 343 g/mol. The quantitative estimate of drug-likeness (QED) is 0.368. The number of nitrogens with zero attached hydrogens (tertiary/aromatic N) is 1. The highest BCUT2D eigenvalue weighted by Crippen LogP contribution is 2.10. The molecule has 24 heavy (non-hydrogen) atoms. The molecule has 0 aromatic rings. The molecule has 0 saturated carbocycles. The van der Waals surface area contributed by atoms with Gasteiger partial charge < -0.3 is 25.0 Å². The number of hydrogen-bond acceptors (Lipinski definition) is 6. The van der Waals surface area contributed by atoms with Gasteiger partial charge in [0.05, 0.1) is 13.2 Å². The lowest BCUT2D eigenvalue weighted by Gasteiger charge is -2.31. The van der Waals surface area contributed by atoms with Crippen LogP contribution in [0.4, 0.5) is 0 Å². The zero-order valence-electron chi connectivity index (χ0n) is 14.7. The predicted molar refractivity (Wildman–Crippen MR) is 88.3 cm³/mol. The average molecular weight is 343 g/mol. The van der Waals surface area contributed by atoms with Crippen LogP contribution in [0.5, 0.6) is 0 Å². The highest BCUT2D eigenvalue weighted by Gasteiger charge is 2.32. The maximum absolute atomic E-state index is 12.1. The largest absolute Gasteiger partial charge is 0.464 e. The number of esters is 1. The fraction of sp³-hybridized carbons (Fsp3) is 0.812. The van der Waals surface area contributed by atoms with E-state index in [2.05, 4.69) is 20.1 Å².